The highest BCUT2D eigenvalue weighted by Crippen LogP contribution is 2.71. The Morgan fingerprint density at radius 3 is 2.05 bits per heavy atom. The molecule has 0 heterocycles. The minimum atomic E-state index is -6.38. The molecule has 7 atom stereocenters. The molecule has 0 radical (unpaired) electrons. The van der Waals surface area contributed by atoms with Gasteiger partial charge in [-0.1, -0.05) is 0 Å². The quantitative estimate of drug-likeness (QED) is 0.450. The van der Waals surface area contributed by atoms with Gasteiger partial charge in [0, 0.05) is 5.92 Å². The number of hydrogen-bond donors (Lipinski definition) is 0. The predicted molar refractivity (Wildman–Crippen MR) is 67.1 cm³/mol. The number of hydrogen-bond acceptors (Lipinski definition) is 3. The average Bonchev–Trinajstić information content (AvgIpc) is 3.15. The Labute approximate surface area is 126 Å². The van der Waals surface area contributed by atoms with E-state index < -0.39 is 33.1 Å². The predicted octanol–water partition coefficient (Wildman–Crippen LogP) is 3.08. The molecule has 0 amide bonds. The van der Waals surface area contributed by atoms with E-state index in [0.717, 1.165) is 19.3 Å². The zero-order chi connectivity index (χ0) is 16.1. The largest absolute Gasteiger partial charge is 0.743 e. The van der Waals surface area contributed by atoms with Crippen molar-refractivity contribution in [2.45, 2.75) is 43.3 Å². The van der Waals surface area contributed by atoms with E-state index in [9.17, 15) is 30.5 Å². The van der Waals surface area contributed by atoms with Gasteiger partial charge in [-0.05, 0) is 67.6 Å². The molecule has 0 aromatic heterocycles. The van der Waals surface area contributed by atoms with Gasteiger partial charge in [-0.25, -0.2) is 8.42 Å². The highest BCUT2D eigenvalue weighted by molar-refractivity contribution is 7.86. The van der Waals surface area contributed by atoms with Crippen LogP contribution in [0, 0.1) is 41.4 Å². The summed E-state index contributed by atoms with van der Waals surface area (Å²) in [5, 5.41) is -5.53. The third-order valence-electron chi connectivity index (χ3n) is 6.90. The molecule has 0 N–H and O–H groups in total. The molecular formula is C14H17F4O3S-. The lowest BCUT2D eigenvalue weighted by atomic mass is 9.66. The van der Waals surface area contributed by atoms with Crippen molar-refractivity contribution in [2.75, 3.05) is 0 Å². The van der Waals surface area contributed by atoms with E-state index >= 15 is 0 Å². The van der Waals surface area contributed by atoms with E-state index in [2.05, 4.69) is 0 Å². The summed E-state index contributed by atoms with van der Waals surface area (Å²) in [6.07, 6.45) is 3.46. The van der Waals surface area contributed by atoms with Crippen LogP contribution in [-0.4, -0.2) is 24.1 Å². The Morgan fingerprint density at radius 2 is 1.45 bits per heavy atom. The summed E-state index contributed by atoms with van der Waals surface area (Å²) in [6.45, 7) is 0. The fourth-order valence-electron chi connectivity index (χ4n) is 6.36. The van der Waals surface area contributed by atoms with Crippen molar-refractivity contribution in [1.82, 2.24) is 0 Å². The van der Waals surface area contributed by atoms with Gasteiger partial charge in [0.1, 0.15) is 0 Å². The lowest BCUT2D eigenvalue weighted by Gasteiger charge is -2.43. The van der Waals surface area contributed by atoms with Gasteiger partial charge in [0.15, 0.2) is 10.1 Å². The second kappa shape index (κ2) is 4.18. The Morgan fingerprint density at radius 1 is 0.864 bits per heavy atom. The normalized spacial score (nSPS) is 47.2. The summed E-state index contributed by atoms with van der Waals surface area (Å²) >= 11 is 0. The number of halogens is 4. The Bertz CT molecular complexity index is 605. The number of fused-ring (bicyclic) bond motifs is 9. The summed E-state index contributed by atoms with van der Waals surface area (Å²) in [4.78, 5) is 0. The van der Waals surface area contributed by atoms with E-state index in [1.165, 1.54) is 0 Å². The summed E-state index contributed by atoms with van der Waals surface area (Å²) in [6, 6.07) is 0. The van der Waals surface area contributed by atoms with Crippen LogP contribution in [0.5, 0.6) is 0 Å². The zero-order valence-corrected chi connectivity index (χ0v) is 12.5. The van der Waals surface area contributed by atoms with E-state index in [1.807, 2.05) is 0 Å². The first-order valence-corrected chi connectivity index (χ1v) is 9.17. The molecule has 0 saturated heterocycles. The van der Waals surface area contributed by atoms with Gasteiger partial charge in [0.25, 0.3) is 0 Å². The maximum Gasteiger partial charge on any atom is 0.396 e. The molecule has 4 rings (SSSR count). The highest BCUT2D eigenvalue weighted by Gasteiger charge is 2.73. The van der Waals surface area contributed by atoms with Crippen molar-refractivity contribution < 1.29 is 30.5 Å². The van der Waals surface area contributed by atoms with Crippen molar-refractivity contribution >= 4 is 10.1 Å². The molecule has 7 unspecified atom stereocenters. The molecule has 0 aromatic carbocycles. The SMILES string of the molecule is O=S(=O)([O-])C(F)(F)C(F)(F)C1CC2CC1C1C3CCC(C3)C21. The molecule has 3 nitrogen and oxygen atoms in total. The first-order valence-electron chi connectivity index (χ1n) is 7.76. The van der Waals surface area contributed by atoms with Gasteiger partial charge >= 0.3 is 11.2 Å². The Balaban J connectivity index is 1.66. The van der Waals surface area contributed by atoms with Gasteiger partial charge in [-0.2, -0.15) is 17.6 Å². The molecule has 0 spiro atoms. The van der Waals surface area contributed by atoms with Crippen molar-refractivity contribution in [3.05, 3.63) is 0 Å². The van der Waals surface area contributed by atoms with Crippen molar-refractivity contribution in [2.24, 2.45) is 41.4 Å². The molecule has 4 aliphatic rings. The third-order valence-corrected chi connectivity index (χ3v) is 7.80. The van der Waals surface area contributed by atoms with Crippen molar-refractivity contribution in [3.8, 4) is 0 Å². The molecule has 8 heteroatoms. The molecule has 126 valence electrons. The lowest BCUT2D eigenvalue weighted by molar-refractivity contribution is -0.210. The minimum absolute atomic E-state index is 0.00803. The van der Waals surface area contributed by atoms with Crippen LogP contribution in [0.1, 0.15) is 32.1 Å². The first-order chi connectivity index (χ1) is 10.1. The van der Waals surface area contributed by atoms with Gasteiger partial charge < -0.3 is 4.55 Å². The summed E-state index contributed by atoms with van der Waals surface area (Å²) in [5.41, 5.74) is 0. The first kappa shape index (κ1) is 15.2. The van der Waals surface area contributed by atoms with Crippen LogP contribution >= 0.6 is 0 Å². The van der Waals surface area contributed by atoms with Crippen molar-refractivity contribution in [3.63, 3.8) is 0 Å². The third kappa shape index (κ3) is 1.63. The minimum Gasteiger partial charge on any atom is -0.743 e. The van der Waals surface area contributed by atoms with E-state index in [0.29, 0.717) is 24.2 Å². The van der Waals surface area contributed by atoms with E-state index in [4.69, 9.17) is 0 Å². The van der Waals surface area contributed by atoms with Crippen LogP contribution in [0.2, 0.25) is 0 Å². The maximum absolute atomic E-state index is 14.2. The highest BCUT2D eigenvalue weighted by atomic mass is 32.2. The zero-order valence-electron chi connectivity index (χ0n) is 11.7. The van der Waals surface area contributed by atoms with Gasteiger partial charge in [0.05, 0.1) is 0 Å². The van der Waals surface area contributed by atoms with Crippen LogP contribution in [0.3, 0.4) is 0 Å². The van der Waals surface area contributed by atoms with Crippen LogP contribution < -0.4 is 0 Å². The molecule has 4 aliphatic carbocycles. The molecular weight excluding hydrogens is 324 g/mol. The maximum atomic E-state index is 14.2. The van der Waals surface area contributed by atoms with Crippen LogP contribution in [0.25, 0.3) is 0 Å². The average molecular weight is 341 g/mol. The van der Waals surface area contributed by atoms with E-state index in [1.54, 1.807) is 0 Å². The number of alkyl halides is 4. The molecule has 4 fully saturated rings. The summed E-state index contributed by atoms with van der Waals surface area (Å²) in [7, 11) is -6.38. The lowest BCUT2D eigenvalue weighted by Crippen LogP contribution is -2.54. The molecule has 0 aliphatic heterocycles. The van der Waals surface area contributed by atoms with Gasteiger partial charge in [-0.15, -0.1) is 0 Å². The van der Waals surface area contributed by atoms with Gasteiger partial charge in [-0.3, -0.25) is 0 Å². The topological polar surface area (TPSA) is 57.2 Å². The second-order valence-corrected chi connectivity index (χ2v) is 9.00. The van der Waals surface area contributed by atoms with E-state index in [-0.39, 0.29) is 18.3 Å². The smallest absolute Gasteiger partial charge is 0.396 e. The summed E-state index contributed by atoms with van der Waals surface area (Å²) < 4.78 is 87.5. The molecule has 4 saturated carbocycles. The second-order valence-electron chi connectivity index (χ2n) is 7.58. The van der Waals surface area contributed by atoms with Crippen molar-refractivity contribution in [1.29, 1.82) is 0 Å². The number of rotatable bonds is 3. The fourth-order valence-corrected chi connectivity index (χ4v) is 6.85. The Kier molecular flexibility index (Phi) is 2.88. The van der Waals surface area contributed by atoms with Crippen LogP contribution in [0.4, 0.5) is 17.6 Å². The molecule has 0 aromatic rings. The van der Waals surface area contributed by atoms with Crippen LogP contribution in [-0.2, 0) is 10.1 Å². The molecule has 22 heavy (non-hydrogen) atoms. The van der Waals surface area contributed by atoms with Crippen LogP contribution in [0.15, 0.2) is 0 Å². The Hall–Kier alpha value is -0.370. The fraction of sp³-hybridized carbons (Fsp3) is 1.00. The standard InChI is InChI=1S/C14H18F4O3S/c15-13(16,14(17,18)22(19,20)21)10-5-8-4-9(10)12-7-2-1-6(3-7)11(8)12/h6-12H,1-5H2,(H,19,20,21)/p-1. The van der Waals surface area contributed by atoms with Gasteiger partial charge in [0.2, 0.25) is 0 Å². The summed E-state index contributed by atoms with van der Waals surface area (Å²) in [5.74, 6) is -5.80. The molecule has 4 bridgehead atoms. The monoisotopic (exact) mass is 341 g/mol.